The van der Waals surface area contributed by atoms with Crippen molar-refractivity contribution in [3.8, 4) is 10.8 Å². The number of nitrogens with zero attached hydrogens (tertiary/aromatic N) is 1. The first-order chi connectivity index (χ1) is 6.57. The molecule has 0 aliphatic rings. The van der Waals surface area contributed by atoms with Crippen LogP contribution in [0.5, 0.6) is 0 Å². The molecule has 0 aromatic carbocycles. The van der Waals surface area contributed by atoms with E-state index in [0.717, 1.165) is 10.8 Å². The number of thiazole rings is 1. The van der Waals surface area contributed by atoms with E-state index in [-0.39, 0.29) is 0 Å². The lowest BCUT2D eigenvalue weighted by Gasteiger charge is -2.12. The van der Waals surface area contributed by atoms with Crippen molar-refractivity contribution in [2.75, 3.05) is 0 Å². The molecule has 74 valence electrons. The summed E-state index contributed by atoms with van der Waals surface area (Å²) >= 11 is 1.47. The minimum absolute atomic E-state index is 0.675. The molecule has 0 saturated heterocycles. The molecule has 0 spiro atoms. The molecular weight excluding hydrogens is 198 g/mol. The van der Waals surface area contributed by atoms with Crippen molar-refractivity contribution in [2.45, 2.75) is 19.4 Å². The molecule has 2 rings (SSSR count). The summed E-state index contributed by atoms with van der Waals surface area (Å²) in [5.41, 5.74) is -0.213. The number of aliphatic hydroxyl groups is 1. The molecule has 2 aromatic rings. The zero-order chi connectivity index (χ0) is 10.2. The summed E-state index contributed by atoms with van der Waals surface area (Å²) in [6.07, 6.45) is 1.61. The molecule has 0 bridgehead atoms. The van der Waals surface area contributed by atoms with E-state index in [0.29, 0.717) is 5.69 Å². The molecular formula is C10H11NO2S. The maximum absolute atomic E-state index is 9.71. The van der Waals surface area contributed by atoms with E-state index in [1.165, 1.54) is 11.3 Å². The van der Waals surface area contributed by atoms with Crippen LogP contribution in [0.2, 0.25) is 0 Å². The summed E-state index contributed by atoms with van der Waals surface area (Å²) in [5, 5.41) is 12.4. The molecule has 2 aromatic heterocycles. The van der Waals surface area contributed by atoms with Gasteiger partial charge < -0.3 is 9.52 Å². The van der Waals surface area contributed by atoms with Gasteiger partial charge in [-0.2, -0.15) is 0 Å². The summed E-state index contributed by atoms with van der Waals surface area (Å²) in [4.78, 5) is 4.30. The molecule has 4 heteroatoms. The van der Waals surface area contributed by atoms with E-state index in [1.807, 2.05) is 17.5 Å². The van der Waals surface area contributed by atoms with Crippen molar-refractivity contribution in [3.63, 3.8) is 0 Å². The lowest BCUT2D eigenvalue weighted by atomic mass is 10.1. The quantitative estimate of drug-likeness (QED) is 0.827. The molecule has 0 saturated carbocycles. The third-order valence-electron chi connectivity index (χ3n) is 1.86. The van der Waals surface area contributed by atoms with Crippen molar-refractivity contribution >= 4 is 11.3 Å². The van der Waals surface area contributed by atoms with Crippen LogP contribution in [-0.4, -0.2) is 10.1 Å². The summed E-state index contributed by atoms with van der Waals surface area (Å²) in [6, 6.07) is 3.67. The maximum atomic E-state index is 9.71. The molecule has 0 amide bonds. The Morgan fingerprint density at radius 2 is 2.29 bits per heavy atom. The summed E-state index contributed by atoms with van der Waals surface area (Å²) in [6.45, 7) is 3.43. The number of hydrogen-bond acceptors (Lipinski definition) is 4. The second-order valence-electron chi connectivity index (χ2n) is 3.57. The molecule has 3 nitrogen and oxygen atoms in total. The normalized spacial score (nSPS) is 11.9. The fourth-order valence-electron chi connectivity index (χ4n) is 1.07. The van der Waals surface area contributed by atoms with E-state index in [2.05, 4.69) is 4.98 Å². The average molecular weight is 209 g/mol. The predicted octanol–water partition coefficient (Wildman–Crippen LogP) is 2.63. The third-order valence-corrected chi connectivity index (χ3v) is 2.72. The number of rotatable bonds is 2. The van der Waals surface area contributed by atoms with Crippen molar-refractivity contribution in [1.82, 2.24) is 4.98 Å². The first-order valence-electron chi connectivity index (χ1n) is 4.29. The minimum atomic E-state index is -0.888. The third kappa shape index (κ3) is 1.71. The standard InChI is InChI=1S/C10H11NO2S/c1-10(2,12)8-6-14-9(11-8)7-4-3-5-13-7/h3-6,12H,1-2H3. The van der Waals surface area contributed by atoms with Gasteiger partial charge in [0.2, 0.25) is 0 Å². The van der Waals surface area contributed by atoms with E-state index >= 15 is 0 Å². The van der Waals surface area contributed by atoms with Crippen LogP contribution in [0.3, 0.4) is 0 Å². The van der Waals surface area contributed by atoms with Gasteiger partial charge in [-0.25, -0.2) is 4.98 Å². The Bertz CT molecular complexity index is 412. The zero-order valence-corrected chi connectivity index (χ0v) is 8.84. The van der Waals surface area contributed by atoms with E-state index in [9.17, 15) is 5.11 Å². The zero-order valence-electron chi connectivity index (χ0n) is 8.02. The lowest BCUT2D eigenvalue weighted by Crippen LogP contribution is -2.15. The van der Waals surface area contributed by atoms with Gasteiger partial charge in [0.25, 0.3) is 0 Å². The van der Waals surface area contributed by atoms with Crippen molar-refractivity contribution in [3.05, 3.63) is 29.5 Å². The Kier molecular flexibility index (Phi) is 2.17. The Morgan fingerprint density at radius 1 is 1.50 bits per heavy atom. The van der Waals surface area contributed by atoms with Crippen LogP contribution < -0.4 is 0 Å². The van der Waals surface area contributed by atoms with Crippen LogP contribution in [0, 0.1) is 0 Å². The molecule has 1 N–H and O–H groups in total. The smallest absolute Gasteiger partial charge is 0.162 e. The minimum Gasteiger partial charge on any atom is -0.462 e. The average Bonchev–Trinajstić information content (AvgIpc) is 2.73. The highest BCUT2D eigenvalue weighted by atomic mass is 32.1. The fraction of sp³-hybridized carbons (Fsp3) is 0.300. The highest BCUT2D eigenvalue weighted by molar-refractivity contribution is 7.13. The van der Waals surface area contributed by atoms with Gasteiger partial charge in [-0.3, -0.25) is 0 Å². The first-order valence-corrected chi connectivity index (χ1v) is 5.17. The largest absolute Gasteiger partial charge is 0.462 e. The van der Waals surface area contributed by atoms with Crippen LogP contribution in [0.1, 0.15) is 19.5 Å². The summed E-state index contributed by atoms with van der Waals surface area (Å²) in [7, 11) is 0. The Morgan fingerprint density at radius 3 is 2.79 bits per heavy atom. The molecule has 0 radical (unpaired) electrons. The van der Waals surface area contributed by atoms with Crippen molar-refractivity contribution in [2.24, 2.45) is 0 Å². The summed E-state index contributed by atoms with van der Waals surface area (Å²) in [5.74, 6) is 0.741. The van der Waals surface area contributed by atoms with Gasteiger partial charge in [0, 0.05) is 5.38 Å². The fourth-order valence-corrected chi connectivity index (χ4v) is 2.02. The van der Waals surface area contributed by atoms with Gasteiger partial charge in [-0.05, 0) is 26.0 Å². The van der Waals surface area contributed by atoms with Crippen LogP contribution in [-0.2, 0) is 5.60 Å². The Balaban J connectivity index is 2.36. The lowest BCUT2D eigenvalue weighted by molar-refractivity contribution is 0.0746. The van der Waals surface area contributed by atoms with Crippen molar-refractivity contribution in [1.29, 1.82) is 0 Å². The van der Waals surface area contributed by atoms with Crippen LogP contribution in [0.15, 0.2) is 28.2 Å². The Hall–Kier alpha value is -1.13. The molecule has 0 fully saturated rings. The van der Waals surface area contributed by atoms with Gasteiger partial charge in [-0.1, -0.05) is 0 Å². The van der Waals surface area contributed by atoms with Gasteiger partial charge in [-0.15, -0.1) is 11.3 Å². The number of furan rings is 1. The molecule has 0 unspecified atom stereocenters. The number of aromatic nitrogens is 1. The van der Waals surface area contributed by atoms with Gasteiger partial charge in [0.05, 0.1) is 12.0 Å². The molecule has 0 aliphatic heterocycles. The predicted molar refractivity (Wildman–Crippen MR) is 55.1 cm³/mol. The van der Waals surface area contributed by atoms with E-state index in [4.69, 9.17) is 4.42 Å². The second-order valence-corrected chi connectivity index (χ2v) is 4.43. The highest BCUT2D eigenvalue weighted by Crippen LogP contribution is 2.28. The highest BCUT2D eigenvalue weighted by Gasteiger charge is 2.20. The second kappa shape index (κ2) is 3.22. The summed E-state index contributed by atoms with van der Waals surface area (Å²) < 4.78 is 5.21. The van der Waals surface area contributed by atoms with E-state index in [1.54, 1.807) is 20.1 Å². The van der Waals surface area contributed by atoms with E-state index < -0.39 is 5.60 Å². The van der Waals surface area contributed by atoms with Crippen LogP contribution >= 0.6 is 11.3 Å². The Labute approximate surface area is 86.0 Å². The molecule has 0 aliphatic carbocycles. The monoisotopic (exact) mass is 209 g/mol. The topological polar surface area (TPSA) is 46.3 Å². The first kappa shape index (κ1) is 9.43. The van der Waals surface area contributed by atoms with Crippen molar-refractivity contribution < 1.29 is 9.52 Å². The van der Waals surface area contributed by atoms with Gasteiger partial charge >= 0.3 is 0 Å². The van der Waals surface area contributed by atoms with Crippen LogP contribution in [0.4, 0.5) is 0 Å². The van der Waals surface area contributed by atoms with Gasteiger partial charge in [0.1, 0.15) is 5.60 Å². The number of hydrogen-bond donors (Lipinski definition) is 1. The van der Waals surface area contributed by atoms with Crippen LogP contribution in [0.25, 0.3) is 10.8 Å². The molecule has 2 heterocycles. The maximum Gasteiger partial charge on any atom is 0.162 e. The SMILES string of the molecule is CC(C)(O)c1csc(-c2ccco2)n1. The van der Waals surface area contributed by atoms with Gasteiger partial charge in [0.15, 0.2) is 10.8 Å². The molecule has 14 heavy (non-hydrogen) atoms. The molecule has 0 atom stereocenters.